The maximum absolute atomic E-state index is 6.14. The second kappa shape index (κ2) is 4.35. The Morgan fingerprint density at radius 2 is 2.06 bits per heavy atom. The molecular formula is C13H8ClNOS. The molecule has 0 N–H and O–H groups in total. The van der Waals surface area contributed by atoms with E-state index in [9.17, 15) is 0 Å². The Hall–Kier alpha value is -1.58. The second-order valence-corrected chi connectivity index (χ2v) is 4.80. The minimum absolute atomic E-state index is 0.719. The molecule has 0 unspecified atom stereocenters. The molecule has 2 nitrogen and oxygen atoms in total. The molecule has 0 amide bonds. The van der Waals surface area contributed by atoms with Gasteiger partial charge in [0.1, 0.15) is 11.3 Å². The van der Waals surface area contributed by atoms with Crippen molar-refractivity contribution in [2.75, 3.05) is 0 Å². The Morgan fingerprint density at radius 3 is 2.82 bits per heavy atom. The number of aromatic nitrogens is 1. The van der Waals surface area contributed by atoms with Gasteiger partial charge in [-0.3, -0.25) is 0 Å². The van der Waals surface area contributed by atoms with Crippen LogP contribution in [0.5, 0.6) is 0 Å². The van der Waals surface area contributed by atoms with Crippen LogP contribution in [0.3, 0.4) is 0 Å². The van der Waals surface area contributed by atoms with Crippen LogP contribution in [0.4, 0.5) is 0 Å². The van der Waals surface area contributed by atoms with Gasteiger partial charge in [0.25, 0.3) is 0 Å². The lowest BCUT2D eigenvalue weighted by molar-refractivity contribution is 0.568. The van der Waals surface area contributed by atoms with Crippen molar-refractivity contribution in [3.05, 3.63) is 53.3 Å². The molecule has 84 valence electrons. The van der Waals surface area contributed by atoms with Crippen LogP contribution in [0.1, 0.15) is 0 Å². The Bertz CT molecular complexity index is 630. The lowest BCUT2D eigenvalue weighted by Crippen LogP contribution is -1.79. The van der Waals surface area contributed by atoms with Crippen LogP contribution >= 0.6 is 22.9 Å². The predicted octanol–water partition coefficient (Wildman–Crippen LogP) is 4.72. The van der Waals surface area contributed by atoms with E-state index < -0.39 is 0 Å². The van der Waals surface area contributed by atoms with Gasteiger partial charge in [-0.2, -0.15) is 0 Å². The average molecular weight is 262 g/mol. The quantitative estimate of drug-likeness (QED) is 0.667. The maximum Gasteiger partial charge on any atom is 0.127 e. The van der Waals surface area contributed by atoms with E-state index in [1.807, 2.05) is 35.7 Å². The van der Waals surface area contributed by atoms with E-state index in [2.05, 4.69) is 4.98 Å². The standard InChI is InChI=1S/C13H8ClNOS/c14-11-4-2-1-3-10(11)12-8-17-13(15-12)9-5-6-16-7-9/h1-8H. The van der Waals surface area contributed by atoms with Gasteiger partial charge >= 0.3 is 0 Å². The number of rotatable bonds is 2. The average Bonchev–Trinajstić information content (AvgIpc) is 3.00. The fourth-order valence-corrected chi connectivity index (χ4v) is 2.62. The second-order valence-electron chi connectivity index (χ2n) is 3.53. The van der Waals surface area contributed by atoms with E-state index in [-0.39, 0.29) is 0 Å². The minimum atomic E-state index is 0.719. The molecule has 0 spiro atoms. The highest BCUT2D eigenvalue weighted by Gasteiger charge is 2.09. The Morgan fingerprint density at radius 1 is 1.18 bits per heavy atom. The van der Waals surface area contributed by atoms with Crippen molar-refractivity contribution in [2.24, 2.45) is 0 Å². The predicted molar refractivity (Wildman–Crippen MR) is 70.3 cm³/mol. The number of thiazole rings is 1. The molecule has 0 aliphatic rings. The highest BCUT2D eigenvalue weighted by Crippen LogP contribution is 2.32. The summed E-state index contributed by atoms with van der Waals surface area (Å²) in [5.41, 5.74) is 2.85. The Kier molecular flexibility index (Phi) is 2.71. The van der Waals surface area contributed by atoms with Gasteiger partial charge in [0, 0.05) is 21.5 Å². The van der Waals surface area contributed by atoms with Crippen LogP contribution in [0, 0.1) is 0 Å². The summed E-state index contributed by atoms with van der Waals surface area (Å²) < 4.78 is 5.05. The van der Waals surface area contributed by atoms with Gasteiger partial charge in [-0.15, -0.1) is 11.3 Å². The van der Waals surface area contributed by atoms with Crippen LogP contribution in [-0.2, 0) is 0 Å². The molecule has 0 aliphatic heterocycles. The van der Waals surface area contributed by atoms with Crippen molar-refractivity contribution in [3.63, 3.8) is 0 Å². The molecule has 0 aliphatic carbocycles. The van der Waals surface area contributed by atoms with Crippen molar-refractivity contribution < 1.29 is 4.42 Å². The first-order chi connectivity index (χ1) is 8.34. The van der Waals surface area contributed by atoms with Gasteiger partial charge in [-0.25, -0.2) is 4.98 Å². The zero-order chi connectivity index (χ0) is 11.7. The molecule has 0 bridgehead atoms. The number of benzene rings is 1. The SMILES string of the molecule is Clc1ccccc1-c1csc(-c2ccoc2)n1. The van der Waals surface area contributed by atoms with Crippen molar-refractivity contribution in [1.29, 1.82) is 0 Å². The molecular weight excluding hydrogens is 254 g/mol. The molecule has 4 heteroatoms. The first-order valence-electron chi connectivity index (χ1n) is 5.07. The number of furan rings is 1. The highest BCUT2D eigenvalue weighted by molar-refractivity contribution is 7.13. The number of nitrogens with zero attached hydrogens (tertiary/aromatic N) is 1. The molecule has 2 aromatic heterocycles. The van der Waals surface area contributed by atoms with E-state index in [4.69, 9.17) is 16.0 Å². The summed E-state index contributed by atoms with van der Waals surface area (Å²) in [5, 5.41) is 3.66. The summed E-state index contributed by atoms with van der Waals surface area (Å²) in [5.74, 6) is 0. The monoisotopic (exact) mass is 261 g/mol. The maximum atomic E-state index is 6.14. The third-order valence-electron chi connectivity index (χ3n) is 2.42. The van der Waals surface area contributed by atoms with Gasteiger partial charge < -0.3 is 4.42 Å². The molecule has 3 rings (SSSR count). The van der Waals surface area contributed by atoms with E-state index in [1.54, 1.807) is 23.9 Å². The van der Waals surface area contributed by atoms with Gasteiger partial charge in [-0.1, -0.05) is 29.8 Å². The Balaban J connectivity index is 2.04. The molecule has 0 saturated heterocycles. The topological polar surface area (TPSA) is 26.0 Å². The van der Waals surface area contributed by atoms with Crippen LogP contribution < -0.4 is 0 Å². The number of halogens is 1. The lowest BCUT2D eigenvalue weighted by Gasteiger charge is -1.98. The van der Waals surface area contributed by atoms with E-state index in [0.29, 0.717) is 0 Å². The summed E-state index contributed by atoms with van der Waals surface area (Å²) in [6.07, 6.45) is 3.33. The first-order valence-corrected chi connectivity index (χ1v) is 6.33. The zero-order valence-electron chi connectivity index (χ0n) is 8.76. The van der Waals surface area contributed by atoms with E-state index >= 15 is 0 Å². The normalized spacial score (nSPS) is 10.6. The smallest absolute Gasteiger partial charge is 0.127 e. The van der Waals surface area contributed by atoms with Gasteiger partial charge in [-0.05, 0) is 12.1 Å². The van der Waals surface area contributed by atoms with E-state index in [0.717, 1.165) is 26.9 Å². The van der Waals surface area contributed by atoms with Crippen molar-refractivity contribution in [3.8, 4) is 21.8 Å². The van der Waals surface area contributed by atoms with Gasteiger partial charge in [0.15, 0.2) is 0 Å². The van der Waals surface area contributed by atoms with Crippen molar-refractivity contribution >= 4 is 22.9 Å². The van der Waals surface area contributed by atoms with Crippen LogP contribution in [0.15, 0.2) is 52.7 Å². The van der Waals surface area contributed by atoms with E-state index in [1.165, 1.54) is 0 Å². The van der Waals surface area contributed by atoms with Gasteiger partial charge in [0.05, 0.1) is 12.0 Å². The molecule has 0 radical (unpaired) electrons. The first kappa shape index (κ1) is 10.6. The molecule has 1 aromatic carbocycles. The number of hydrogen-bond donors (Lipinski definition) is 0. The summed E-state index contributed by atoms with van der Waals surface area (Å²) in [4.78, 5) is 4.56. The fraction of sp³-hybridized carbons (Fsp3) is 0. The third-order valence-corrected chi connectivity index (χ3v) is 3.64. The molecule has 0 fully saturated rings. The van der Waals surface area contributed by atoms with Crippen LogP contribution in [-0.4, -0.2) is 4.98 Å². The largest absolute Gasteiger partial charge is 0.472 e. The number of hydrogen-bond acceptors (Lipinski definition) is 3. The van der Waals surface area contributed by atoms with Crippen molar-refractivity contribution in [1.82, 2.24) is 4.98 Å². The molecule has 17 heavy (non-hydrogen) atoms. The third kappa shape index (κ3) is 1.99. The molecule has 0 saturated carbocycles. The van der Waals surface area contributed by atoms with Crippen molar-refractivity contribution in [2.45, 2.75) is 0 Å². The zero-order valence-corrected chi connectivity index (χ0v) is 10.3. The summed E-state index contributed by atoms with van der Waals surface area (Å²) >= 11 is 7.72. The summed E-state index contributed by atoms with van der Waals surface area (Å²) in [7, 11) is 0. The highest BCUT2D eigenvalue weighted by atomic mass is 35.5. The Labute approximate surface area is 108 Å². The molecule has 2 heterocycles. The summed E-state index contributed by atoms with van der Waals surface area (Å²) in [6.45, 7) is 0. The van der Waals surface area contributed by atoms with Gasteiger partial charge in [0.2, 0.25) is 0 Å². The molecule has 3 aromatic rings. The fourth-order valence-electron chi connectivity index (χ4n) is 1.59. The van der Waals surface area contributed by atoms with Crippen LogP contribution in [0.2, 0.25) is 5.02 Å². The minimum Gasteiger partial charge on any atom is -0.472 e. The van der Waals surface area contributed by atoms with Crippen LogP contribution in [0.25, 0.3) is 21.8 Å². The molecule has 0 atom stereocenters. The summed E-state index contributed by atoms with van der Waals surface area (Å²) in [6, 6.07) is 9.60. The lowest BCUT2D eigenvalue weighted by atomic mass is 10.2.